The number of benzene rings is 2. The van der Waals surface area contributed by atoms with Gasteiger partial charge in [0.05, 0.1) is 24.1 Å². The molecule has 244 valence electrons. The molecule has 0 spiro atoms. The van der Waals surface area contributed by atoms with Gasteiger partial charge in [0.15, 0.2) is 0 Å². The normalized spacial score (nSPS) is 12.8. The average molecular weight is 836 g/mol. The number of halogens is 3. The van der Waals surface area contributed by atoms with E-state index in [-0.39, 0.29) is 81.7 Å². The first-order valence-corrected chi connectivity index (χ1v) is 16.6. The van der Waals surface area contributed by atoms with E-state index < -0.39 is 11.2 Å². The standard InChI is InChI=1S/C12H15Br2NO2.C12H14BrNO2.C4H10O.C4H9O.K/c1-8-5-10(6-9(2)12(8)14)15(3-4-16)11(17)7-13;1-8-5-10(6-9(2)12(8)13)14-3-4-16-7-11(14)15;2*1-4(2,3)5;/h5-6,16H,3-4,7H2,1-2H3;5-6H,3-4,7H2,1-2H3;5H,1-3H3;1-3H3;/q;;;-1;+1. The number of aliphatic hydroxyl groups excluding tert-OH is 1. The van der Waals surface area contributed by atoms with Crippen LogP contribution >= 0.6 is 47.8 Å². The molecule has 12 heteroatoms. The first-order chi connectivity index (χ1) is 19.6. The zero-order chi connectivity index (χ0) is 33.7. The van der Waals surface area contributed by atoms with E-state index in [9.17, 15) is 14.7 Å². The molecule has 1 fully saturated rings. The van der Waals surface area contributed by atoms with Crippen LogP contribution in [0.2, 0.25) is 0 Å². The molecule has 2 amide bonds. The van der Waals surface area contributed by atoms with Crippen molar-refractivity contribution < 1.29 is 81.0 Å². The van der Waals surface area contributed by atoms with Crippen LogP contribution in [0.3, 0.4) is 0 Å². The fourth-order valence-electron chi connectivity index (χ4n) is 3.52. The van der Waals surface area contributed by atoms with Crippen molar-refractivity contribution in [3.63, 3.8) is 0 Å². The van der Waals surface area contributed by atoms with Crippen LogP contribution in [0.15, 0.2) is 33.2 Å². The predicted octanol–water partition coefficient (Wildman–Crippen LogP) is 3.14. The summed E-state index contributed by atoms with van der Waals surface area (Å²) in [5.41, 5.74) is 4.98. The van der Waals surface area contributed by atoms with Gasteiger partial charge in [0.25, 0.3) is 5.91 Å². The maximum absolute atomic E-state index is 11.8. The number of carbonyl (C=O) groups is 2. The molecule has 3 rings (SSSR count). The zero-order valence-electron chi connectivity index (χ0n) is 28.1. The maximum Gasteiger partial charge on any atom is 1.00 e. The largest absolute Gasteiger partial charge is 1.00 e. The van der Waals surface area contributed by atoms with Crippen molar-refractivity contribution in [2.24, 2.45) is 0 Å². The molecule has 2 aromatic rings. The quantitative estimate of drug-likeness (QED) is 0.354. The number of alkyl halides is 1. The van der Waals surface area contributed by atoms with Gasteiger partial charge in [0.2, 0.25) is 5.91 Å². The number of amides is 2. The van der Waals surface area contributed by atoms with Gasteiger partial charge in [0, 0.05) is 33.4 Å². The molecular weight excluding hydrogens is 787 g/mol. The Hall–Kier alpha value is 0.296. The molecule has 0 unspecified atom stereocenters. The van der Waals surface area contributed by atoms with Crippen LogP contribution in [0, 0.1) is 27.7 Å². The average Bonchev–Trinajstić information content (AvgIpc) is 2.86. The number of hydrogen-bond donors (Lipinski definition) is 2. The number of carbonyl (C=O) groups excluding carboxylic acids is 2. The van der Waals surface area contributed by atoms with Crippen LogP contribution in [-0.2, 0) is 14.3 Å². The smallest absolute Gasteiger partial charge is 0.850 e. The van der Waals surface area contributed by atoms with Gasteiger partial charge >= 0.3 is 51.4 Å². The van der Waals surface area contributed by atoms with Crippen LogP contribution in [-0.4, -0.2) is 71.5 Å². The van der Waals surface area contributed by atoms with Gasteiger partial charge in [-0.25, -0.2) is 0 Å². The summed E-state index contributed by atoms with van der Waals surface area (Å²) in [6.07, 6.45) is 0. The van der Waals surface area contributed by atoms with Crippen molar-refractivity contribution in [3.05, 3.63) is 55.5 Å². The fraction of sp³-hybridized carbons (Fsp3) is 0.562. The Morgan fingerprint density at radius 2 is 1.34 bits per heavy atom. The van der Waals surface area contributed by atoms with Crippen molar-refractivity contribution in [1.82, 2.24) is 0 Å². The summed E-state index contributed by atoms with van der Waals surface area (Å²) in [6.45, 7) is 19.9. The number of morpholine rings is 1. The van der Waals surface area contributed by atoms with Crippen molar-refractivity contribution in [1.29, 1.82) is 0 Å². The number of aryl methyl sites for hydroxylation is 4. The summed E-state index contributed by atoms with van der Waals surface area (Å²) >= 11 is 10.2. The second-order valence-corrected chi connectivity index (χ2v) is 14.2. The second kappa shape index (κ2) is 22.0. The Kier molecular flexibility index (Phi) is 23.2. The van der Waals surface area contributed by atoms with E-state index in [0.29, 0.717) is 19.7 Å². The first kappa shape index (κ1) is 46.4. The van der Waals surface area contributed by atoms with Gasteiger partial charge in [-0.2, -0.15) is 0 Å². The van der Waals surface area contributed by atoms with E-state index in [1.54, 1.807) is 51.3 Å². The fourth-order valence-corrected chi connectivity index (χ4v) is 4.28. The summed E-state index contributed by atoms with van der Waals surface area (Å²) in [4.78, 5) is 26.8. The molecule has 44 heavy (non-hydrogen) atoms. The Labute approximate surface area is 332 Å². The Morgan fingerprint density at radius 3 is 1.68 bits per heavy atom. The van der Waals surface area contributed by atoms with E-state index in [0.717, 1.165) is 42.6 Å². The van der Waals surface area contributed by atoms with Gasteiger partial charge < -0.3 is 29.9 Å². The molecular formula is C32H48Br3KN2O6. The third-order valence-corrected chi connectivity index (χ3v) is 8.17. The van der Waals surface area contributed by atoms with Crippen LogP contribution < -0.4 is 66.3 Å². The zero-order valence-corrected chi connectivity index (χ0v) is 36.0. The van der Waals surface area contributed by atoms with E-state index in [1.807, 2.05) is 52.0 Å². The molecule has 8 nitrogen and oxygen atoms in total. The monoisotopic (exact) mass is 832 g/mol. The molecule has 0 atom stereocenters. The maximum atomic E-state index is 11.8. The van der Waals surface area contributed by atoms with Crippen LogP contribution in [0.1, 0.15) is 63.8 Å². The van der Waals surface area contributed by atoms with Gasteiger partial charge in [-0.15, -0.1) is 5.60 Å². The number of ether oxygens (including phenoxy) is 1. The summed E-state index contributed by atoms with van der Waals surface area (Å²) in [5.74, 6) is -0.0208. The Bertz CT molecular complexity index is 1130. The summed E-state index contributed by atoms with van der Waals surface area (Å²) in [5, 5.41) is 27.9. The molecule has 0 saturated carbocycles. The summed E-state index contributed by atoms with van der Waals surface area (Å²) < 4.78 is 7.28. The van der Waals surface area contributed by atoms with Crippen molar-refractivity contribution in [2.45, 2.75) is 80.4 Å². The number of rotatable bonds is 5. The molecule has 0 aromatic heterocycles. The Balaban J connectivity index is 0. The first-order valence-electron chi connectivity index (χ1n) is 13.9. The van der Waals surface area contributed by atoms with Gasteiger partial charge in [0.1, 0.15) is 6.61 Å². The van der Waals surface area contributed by atoms with Crippen LogP contribution in [0.5, 0.6) is 0 Å². The van der Waals surface area contributed by atoms with E-state index in [2.05, 4.69) is 47.8 Å². The second-order valence-electron chi connectivity index (χ2n) is 12.1. The minimum Gasteiger partial charge on any atom is -0.850 e. The van der Waals surface area contributed by atoms with Crippen LogP contribution in [0.25, 0.3) is 0 Å². The Morgan fingerprint density at radius 1 is 0.955 bits per heavy atom. The SMILES string of the molecule is CC(C)(C)O.CC(C)(C)[O-].Cc1cc(N(CCO)C(=O)CBr)cc(C)c1Br.Cc1cc(N2CCOCC2=O)cc(C)c1Br.[K+]. The molecule has 0 bridgehead atoms. The minimum absolute atomic E-state index is 0. The number of nitrogens with zero attached hydrogens (tertiary/aromatic N) is 2. The minimum atomic E-state index is -0.750. The summed E-state index contributed by atoms with van der Waals surface area (Å²) in [6, 6.07) is 7.93. The van der Waals surface area contributed by atoms with E-state index in [4.69, 9.17) is 14.9 Å². The third kappa shape index (κ3) is 19.8. The number of anilines is 2. The van der Waals surface area contributed by atoms with Crippen molar-refractivity contribution >= 4 is 71.0 Å². The van der Waals surface area contributed by atoms with E-state index in [1.165, 1.54) is 0 Å². The van der Waals surface area contributed by atoms with Gasteiger partial charge in [-0.1, -0.05) is 68.6 Å². The molecule has 2 aromatic carbocycles. The van der Waals surface area contributed by atoms with E-state index >= 15 is 0 Å². The predicted molar refractivity (Wildman–Crippen MR) is 185 cm³/mol. The number of aliphatic hydroxyl groups is 2. The molecule has 1 aliphatic heterocycles. The van der Waals surface area contributed by atoms with Crippen molar-refractivity contribution in [3.8, 4) is 0 Å². The van der Waals surface area contributed by atoms with Crippen LogP contribution in [0.4, 0.5) is 11.4 Å². The van der Waals surface area contributed by atoms with Gasteiger partial charge in [-0.05, 0) is 95.0 Å². The third-order valence-electron chi connectivity index (χ3n) is 5.19. The topological polar surface area (TPSA) is 113 Å². The number of hydrogen-bond acceptors (Lipinski definition) is 6. The molecule has 1 heterocycles. The molecule has 2 N–H and O–H groups in total. The summed E-state index contributed by atoms with van der Waals surface area (Å²) in [7, 11) is 0. The van der Waals surface area contributed by atoms with Crippen molar-refractivity contribution in [2.75, 3.05) is 48.0 Å². The molecule has 0 radical (unpaired) electrons. The van der Waals surface area contributed by atoms with Gasteiger partial charge in [-0.3, -0.25) is 9.59 Å². The molecule has 0 aliphatic carbocycles. The molecule has 1 aliphatic rings. The molecule has 1 saturated heterocycles.